The minimum Gasteiger partial charge on any atom is -0.456 e. The number of fused-ring (bicyclic) bond motifs is 5. The predicted octanol–water partition coefficient (Wildman–Crippen LogP) is 12.7. The van der Waals surface area contributed by atoms with Crippen LogP contribution in [0.5, 0.6) is 0 Å². The van der Waals surface area contributed by atoms with Crippen molar-refractivity contribution in [3.63, 3.8) is 0 Å². The van der Waals surface area contributed by atoms with Crippen LogP contribution in [0, 0.1) is 0 Å². The summed E-state index contributed by atoms with van der Waals surface area (Å²) in [5.41, 5.74) is 9.82. The first-order valence-corrected chi connectivity index (χ1v) is 15.7. The maximum Gasteiger partial charge on any atom is 0.136 e. The fourth-order valence-corrected chi connectivity index (χ4v) is 6.85. The van der Waals surface area contributed by atoms with Gasteiger partial charge >= 0.3 is 0 Å². The van der Waals surface area contributed by atoms with Gasteiger partial charge in [-0.3, -0.25) is 0 Å². The lowest BCUT2D eigenvalue weighted by molar-refractivity contribution is 0.669. The molecule has 0 spiro atoms. The maximum atomic E-state index is 6.25. The highest BCUT2D eigenvalue weighted by molar-refractivity contribution is 6.06. The summed E-state index contributed by atoms with van der Waals surface area (Å²) in [5, 5.41) is 7.19. The van der Waals surface area contributed by atoms with E-state index in [1.165, 1.54) is 32.7 Å². The third-order valence-electron chi connectivity index (χ3n) is 9.03. The molecule has 0 saturated carbocycles. The van der Waals surface area contributed by atoms with Gasteiger partial charge < -0.3 is 9.32 Å². The SMILES string of the molecule is c1cc(-c2ccc3c(c2)oc2ccccc23)cc(N(c2cccc(-c3cccc4ccccc34)c2)c2cccc3ccccc23)c1. The zero-order valence-electron chi connectivity index (χ0n) is 25.1. The largest absolute Gasteiger partial charge is 0.456 e. The van der Waals surface area contributed by atoms with Gasteiger partial charge in [0.15, 0.2) is 0 Å². The molecular formula is C44H29NO. The molecule has 0 N–H and O–H groups in total. The van der Waals surface area contributed by atoms with Gasteiger partial charge in [0.1, 0.15) is 11.2 Å². The monoisotopic (exact) mass is 587 g/mol. The molecule has 0 bridgehead atoms. The Hall–Kier alpha value is -6.12. The Balaban J connectivity index is 1.22. The molecule has 9 aromatic rings. The molecule has 9 rings (SSSR count). The Morgan fingerprint density at radius 3 is 1.74 bits per heavy atom. The van der Waals surface area contributed by atoms with Crippen molar-refractivity contribution in [2.45, 2.75) is 0 Å². The van der Waals surface area contributed by atoms with Gasteiger partial charge in [0.25, 0.3) is 0 Å². The molecule has 46 heavy (non-hydrogen) atoms. The van der Waals surface area contributed by atoms with E-state index in [9.17, 15) is 0 Å². The predicted molar refractivity (Wildman–Crippen MR) is 194 cm³/mol. The van der Waals surface area contributed by atoms with Gasteiger partial charge in [-0.2, -0.15) is 0 Å². The first-order valence-electron chi connectivity index (χ1n) is 15.7. The number of furan rings is 1. The molecule has 0 aliphatic heterocycles. The molecule has 0 atom stereocenters. The average Bonchev–Trinajstić information content (AvgIpc) is 3.50. The van der Waals surface area contributed by atoms with Crippen molar-refractivity contribution in [1.82, 2.24) is 0 Å². The van der Waals surface area contributed by atoms with E-state index in [-0.39, 0.29) is 0 Å². The van der Waals surface area contributed by atoms with E-state index in [4.69, 9.17) is 4.42 Å². The van der Waals surface area contributed by atoms with Gasteiger partial charge in [-0.25, -0.2) is 0 Å². The summed E-state index contributed by atoms with van der Waals surface area (Å²) in [6, 6.07) is 62.9. The molecule has 0 aliphatic rings. The second-order valence-corrected chi connectivity index (χ2v) is 11.8. The summed E-state index contributed by atoms with van der Waals surface area (Å²) in [7, 11) is 0. The van der Waals surface area contributed by atoms with Gasteiger partial charge in [0.2, 0.25) is 0 Å². The minimum atomic E-state index is 0.901. The van der Waals surface area contributed by atoms with E-state index in [1.54, 1.807) is 0 Å². The Bertz CT molecular complexity index is 2550. The topological polar surface area (TPSA) is 16.4 Å². The van der Waals surface area contributed by atoms with Crippen molar-refractivity contribution >= 4 is 60.5 Å². The summed E-state index contributed by atoms with van der Waals surface area (Å²) in [6.07, 6.45) is 0. The first-order chi connectivity index (χ1) is 22.8. The number of benzene rings is 8. The Morgan fingerprint density at radius 2 is 0.913 bits per heavy atom. The van der Waals surface area contributed by atoms with Crippen LogP contribution in [0.25, 0.3) is 65.7 Å². The lowest BCUT2D eigenvalue weighted by atomic mass is 9.97. The van der Waals surface area contributed by atoms with Crippen LogP contribution in [0.3, 0.4) is 0 Å². The van der Waals surface area contributed by atoms with Crippen molar-refractivity contribution in [2.75, 3.05) is 4.90 Å². The second-order valence-electron chi connectivity index (χ2n) is 11.8. The molecule has 1 aromatic heterocycles. The van der Waals surface area contributed by atoms with Crippen LogP contribution in [0.15, 0.2) is 180 Å². The Morgan fingerprint density at radius 1 is 0.348 bits per heavy atom. The van der Waals surface area contributed by atoms with Crippen LogP contribution in [0.4, 0.5) is 17.1 Å². The van der Waals surface area contributed by atoms with Crippen molar-refractivity contribution in [2.24, 2.45) is 0 Å². The van der Waals surface area contributed by atoms with Gasteiger partial charge in [-0.15, -0.1) is 0 Å². The highest BCUT2D eigenvalue weighted by Crippen LogP contribution is 2.42. The lowest BCUT2D eigenvalue weighted by Gasteiger charge is -2.28. The molecule has 0 amide bonds. The molecule has 0 unspecified atom stereocenters. The van der Waals surface area contributed by atoms with Crippen molar-refractivity contribution in [3.05, 3.63) is 176 Å². The van der Waals surface area contributed by atoms with Gasteiger partial charge in [-0.1, -0.05) is 127 Å². The van der Waals surface area contributed by atoms with Crippen molar-refractivity contribution in [3.8, 4) is 22.3 Å². The van der Waals surface area contributed by atoms with Crippen LogP contribution in [0.2, 0.25) is 0 Å². The highest BCUT2D eigenvalue weighted by atomic mass is 16.3. The van der Waals surface area contributed by atoms with E-state index in [1.807, 2.05) is 12.1 Å². The van der Waals surface area contributed by atoms with E-state index >= 15 is 0 Å². The van der Waals surface area contributed by atoms with Crippen LogP contribution in [-0.4, -0.2) is 0 Å². The molecule has 0 fully saturated rings. The van der Waals surface area contributed by atoms with Crippen LogP contribution in [-0.2, 0) is 0 Å². The quantitative estimate of drug-likeness (QED) is 0.199. The van der Waals surface area contributed by atoms with Crippen LogP contribution >= 0.6 is 0 Å². The zero-order valence-corrected chi connectivity index (χ0v) is 25.1. The summed E-state index contributed by atoms with van der Waals surface area (Å²) >= 11 is 0. The first kappa shape index (κ1) is 26.3. The highest BCUT2D eigenvalue weighted by Gasteiger charge is 2.18. The van der Waals surface area contributed by atoms with Crippen LogP contribution in [0.1, 0.15) is 0 Å². The zero-order chi connectivity index (χ0) is 30.5. The molecular weight excluding hydrogens is 558 g/mol. The van der Waals surface area contributed by atoms with Crippen molar-refractivity contribution in [1.29, 1.82) is 0 Å². The molecule has 0 saturated heterocycles. The molecule has 2 nitrogen and oxygen atoms in total. The number of para-hydroxylation sites is 1. The van der Waals surface area contributed by atoms with E-state index in [0.29, 0.717) is 0 Å². The number of anilines is 3. The summed E-state index contributed by atoms with van der Waals surface area (Å²) in [5.74, 6) is 0. The molecule has 1 heterocycles. The summed E-state index contributed by atoms with van der Waals surface area (Å²) in [4.78, 5) is 2.39. The Kier molecular flexibility index (Phi) is 6.17. The maximum absolute atomic E-state index is 6.25. The van der Waals surface area contributed by atoms with Gasteiger partial charge in [0, 0.05) is 27.5 Å². The molecule has 0 aliphatic carbocycles. The third-order valence-corrected chi connectivity index (χ3v) is 9.03. The summed E-state index contributed by atoms with van der Waals surface area (Å²) in [6.45, 7) is 0. The fraction of sp³-hybridized carbons (Fsp3) is 0. The molecule has 216 valence electrons. The van der Waals surface area contributed by atoms with Gasteiger partial charge in [-0.05, 0) is 86.9 Å². The average molecular weight is 588 g/mol. The number of hydrogen-bond donors (Lipinski definition) is 0. The molecule has 8 aromatic carbocycles. The Labute approximate surface area is 267 Å². The third kappa shape index (κ3) is 4.43. The van der Waals surface area contributed by atoms with E-state index in [2.05, 4.69) is 169 Å². The van der Waals surface area contributed by atoms with Gasteiger partial charge in [0.05, 0.1) is 5.69 Å². The standard InChI is InChI=1S/C44H29NO/c1-3-19-37-30(11-1)13-9-22-38(37)34-16-8-18-36(28-34)45(42-23-10-14-31-12-2-4-20-39(31)42)35-17-7-15-32(27-35)33-25-26-41-40-21-5-6-24-43(40)46-44(41)29-33/h1-29H. The molecule has 2 heteroatoms. The number of nitrogens with zero attached hydrogens (tertiary/aromatic N) is 1. The second kappa shape index (κ2) is 10.8. The smallest absolute Gasteiger partial charge is 0.136 e. The number of rotatable bonds is 5. The number of hydrogen-bond acceptors (Lipinski definition) is 2. The summed E-state index contributed by atoms with van der Waals surface area (Å²) < 4.78 is 6.25. The lowest BCUT2D eigenvalue weighted by Crippen LogP contribution is -2.10. The van der Waals surface area contributed by atoms with E-state index < -0.39 is 0 Å². The van der Waals surface area contributed by atoms with E-state index in [0.717, 1.165) is 50.1 Å². The van der Waals surface area contributed by atoms with Crippen LogP contribution < -0.4 is 4.90 Å². The minimum absolute atomic E-state index is 0.901. The fourth-order valence-electron chi connectivity index (χ4n) is 6.85. The normalized spacial score (nSPS) is 11.5. The van der Waals surface area contributed by atoms with Crippen molar-refractivity contribution < 1.29 is 4.42 Å². The molecule has 0 radical (unpaired) electrons.